The number of pyridine rings is 1. The first-order valence-corrected chi connectivity index (χ1v) is 7.99. The Balaban J connectivity index is 2.01. The van der Waals surface area contributed by atoms with Gasteiger partial charge in [-0.3, -0.25) is 19.9 Å². The van der Waals surface area contributed by atoms with E-state index in [4.69, 9.17) is 0 Å². The average molecular weight is 340 g/mol. The summed E-state index contributed by atoms with van der Waals surface area (Å²) in [6.45, 7) is 2.24. The van der Waals surface area contributed by atoms with Crippen molar-refractivity contribution in [1.82, 2.24) is 19.7 Å². The highest BCUT2D eigenvalue weighted by Crippen LogP contribution is 2.25. The minimum atomic E-state index is -1.16. The lowest BCUT2D eigenvalue weighted by Crippen LogP contribution is -2.19. The number of rotatable bonds is 4. The number of carbonyl (C=O) groups is 1. The van der Waals surface area contributed by atoms with E-state index in [0.717, 1.165) is 43.8 Å². The van der Waals surface area contributed by atoms with Gasteiger partial charge in [-0.25, -0.2) is 0 Å². The maximum atomic E-state index is 12.9. The summed E-state index contributed by atoms with van der Waals surface area (Å²) in [6.07, 6.45) is 4.84. The number of Topliss-reactive ketones (excluding diaryl/α,β-unsaturated/α-hetero) is 1. The fourth-order valence-corrected chi connectivity index (χ4v) is 2.98. The number of nitrogens with zero attached hydrogens (tertiary/aromatic N) is 6. The molecule has 9 heteroatoms. The molecule has 0 N–H and O–H groups in total. The first-order valence-electron chi connectivity index (χ1n) is 7.99. The second-order valence-corrected chi connectivity index (χ2v) is 5.95. The molecule has 9 nitrogen and oxygen atoms in total. The van der Waals surface area contributed by atoms with Gasteiger partial charge >= 0.3 is 0 Å². The van der Waals surface area contributed by atoms with Crippen molar-refractivity contribution in [3.63, 3.8) is 0 Å². The van der Waals surface area contributed by atoms with Crippen molar-refractivity contribution in [2.45, 2.75) is 45.1 Å². The minimum Gasteiger partial charge on any atom is -0.313 e. The van der Waals surface area contributed by atoms with Crippen molar-refractivity contribution in [2.24, 2.45) is 0 Å². The van der Waals surface area contributed by atoms with Gasteiger partial charge in [0.15, 0.2) is 17.5 Å². The SMILES string of the molecule is Cc1ncc([N+](=O)[O-])cc1C(=O)[C@@H](C#N)c1nnc2n1CCCCC2. The maximum Gasteiger partial charge on any atom is 0.288 e. The van der Waals surface area contributed by atoms with E-state index in [1.165, 1.54) is 0 Å². The molecule has 0 unspecified atom stereocenters. The molecule has 25 heavy (non-hydrogen) atoms. The number of carbonyl (C=O) groups excluding carboxylic acids is 1. The summed E-state index contributed by atoms with van der Waals surface area (Å²) in [6, 6.07) is 3.14. The molecular weight excluding hydrogens is 324 g/mol. The summed E-state index contributed by atoms with van der Waals surface area (Å²) < 4.78 is 1.83. The molecule has 0 fully saturated rings. The normalized spacial score (nSPS) is 14.9. The third kappa shape index (κ3) is 3.10. The lowest BCUT2D eigenvalue weighted by molar-refractivity contribution is -0.385. The summed E-state index contributed by atoms with van der Waals surface area (Å²) in [5.74, 6) is -0.637. The molecule has 0 aromatic carbocycles. The summed E-state index contributed by atoms with van der Waals surface area (Å²) >= 11 is 0. The van der Waals surface area contributed by atoms with Gasteiger partial charge in [0.25, 0.3) is 5.69 Å². The predicted octanol–water partition coefficient (Wildman–Crippen LogP) is 2.11. The monoisotopic (exact) mass is 340 g/mol. The summed E-state index contributed by atoms with van der Waals surface area (Å²) in [4.78, 5) is 27.1. The van der Waals surface area contributed by atoms with Gasteiger partial charge in [-0.2, -0.15) is 5.26 Å². The molecule has 0 saturated carbocycles. The zero-order chi connectivity index (χ0) is 18.0. The molecule has 128 valence electrons. The number of aryl methyl sites for hydroxylation is 2. The lowest BCUT2D eigenvalue weighted by atomic mass is 9.96. The number of nitro groups is 1. The molecular formula is C16H16N6O3. The van der Waals surface area contributed by atoms with Crippen LogP contribution in [0.3, 0.4) is 0 Å². The first-order chi connectivity index (χ1) is 12.0. The van der Waals surface area contributed by atoms with E-state index in [2.05, 4.69) is 15.2 Å². The van der Waals surface area contributed by atoms with E-state index in [-0.39, 0.29) is 11.3 Å². The second kappa shape index (κ2) is 6.76. The van der Waals surface area contributed by atoms with Crippen LogP contribution in [0.4, 0.5) is 5.69 Å². The molecule has 0 spiro atoms. The molecule has 3 heterocycles. The Kier molecular flexibility index (Phi) is 4.52. The van der Waals surface area contributed by atoms with E-state index < -0.39 is 16.6 Å². The van der Waals surface area contributed by atoms with Crippen LogP contribution in [0.1, 0.15) is 52.9 Å². The Morgan fingerprint density at radius 3 is 2.92 bits per heavy atom. The van der Waals surface area contributed by atoms with Crippen molar-refractivity contribution in [3.05, 3.63) is 45.3 Å². The van der Waals surface area contributed by atoms with E-state index in [0.29, 0.717) is 18.1 Å². The van der Waals surface area contributed by atoms with Gasteiger partial charge in [-0.1, -0.05) is 6.42 Å². The van der Waals surface area contributed by atoms with Crippen molar-refractivity contribution in [2.75, 3.05) is 0 Å². The molecule has 1 aliphatic rings. The number of aromatic nitrogens is 4. The van der Waals surface area contributed by atoms with Gasteiger partial charge in [0.2, 0.25) is 0 Å². The second-order valence-electron chi connectivity index (χ2n) is 5.95. The van der Waals surface area contributed by atoms with Crippen molar-refractivity contribution in [3.8, 4) is 6.07 Å². The van der Waals surface area contributed by atoms with Crippen LogP contribution in [0.15, 0.2) is 12.3 Å². The standard InChI is InChI=1S/C16H16N6O3/c1-10-12(7-11(9-18-10)22(24)25)15(23)13(8-17)16-20-19-14-5-3-2-4-6-21(14)16/h7,9,13H,2-6H2,1H3/t13-/m1/s1. The number of nitriles is 1. The van der Waals surface area contributed by atoms with Crippen molar-refractivity contribution in [1.29, 1.82) is 5.26 Å². The highest BCUT2D eigenvalue weighted by Gasteiger charge is 2.31. The smallest absolute Gasteiger partial charge is 0.288 e. The lowest BCUT2D eigenvalue weighted by Gasteiger charge is -2.12. The summed E-state index contributed by atoms with van der Waals surface area (Å²) in [5.41, 5.74) is 0.115. The van der Waals surface area contributed by atoms with Crippen LogP contribution < -0.4 is 0 Å². The Hall–Kier alpha value is -3.15. The summed E-state index contributed by atoms with van der Waals surface area (Å²) in [7, 11) is 0. The Morgan fingerprint density at radius 2 is 2.20 bits per heavy atom. The molecule has 0 radical (unpaired) electrons. The quantitative estimate of drug-likeness (QED) is 0.473. The topological polar surface area (TPSA) is 128 Å². The van der Waals surface area contributed by atoms with E-state index in [9.17, 15) is 20.2 Å². The maximum absolute atomic E-state index is 12.9. The first kappa shape index (κ1) is 16.7. The average Bonchev–Trinajstić information content (AvgIpc) is 2.84. The van der Waals surface area contributed by atoms with E-state index in [1.807, 2.05) is 10.6 Å². The van der Waals surface area contributed by atoms with Gasteiger partial charge in [-0.05, 0) is 19.8 Å². The van der Waals surface area contributed by atoms with Crippen LogP contribution in [0.5, 0.6) is 0 Å². The number of ketones is 1. The van der Waals surface area contributed by atoms with Crippen LogP contribution >= 0.6 is 0 Å². The zero-order valence-electron chi connectivity index (χ0n) is 13.7. The molecule has 1 atom stereocenters. The fourth-order valence-electron chi connectivity index (χ4n) is 2.98. The molecule has 2 aromatic heterocycles. The van der Waals surface area contributed by atoms with Crippen LogP contribution in [-0.2, 0) is 13.0 Å². The van der Waals surface area contributed by atoms with Gasteiger partial charge in [0.1, 0.15) is 12.0 Å². The number of hydrogen-bond donors (Lipinski definition) is 0. The van der Waals surface area contributed by atoms with E-state index in [1.54, 1.807) is 6.92 Å². The minimum absolute atomic E-state index is 0.0618. The molecule has 0 bridgehead atoms. The molecule has 3 rings (SSSR count). The fraction of sp³-hybridized carbons (Fsp3) is 0.438. The predicted molar refractivity (Wildman–Crippen MR) is 85.9 cm³/mol. The Labute approximate surface area is 143 Å². The highest BCUT2D eigenvalue weighted by molar-refractivity contribution is 6.03. The van der Waals surface area contributed by atoms with Crippen molar-refractivity contribution >= 4 is 11.5 Å². The molecule has 0 saturated heterocycles. The van der Waals surface area contributed by atoms with Crippen LogP contribution in [0.2, 0.25) is 0 Å². The van der Waals surface area contributed by atoms with Gasteiger partial charge in [0, 0.05) is 30.3 Å². The molecule has 0 aliphatic carbocycles. The highest BCUT2D eigenvalue weighted by atomic mass is 16.6. The third-order valence-corrected chi connectivity index (χ3v) is 4.34. The number of hydrogen-bond acceptors (Lipinski definition) is 7. The largest absolute Gasteiger partial charge is 0.313 e. The van der Waals surface area contributed by atoms with Crippen LogP contribution in [0.25, 0.3) is 0 Å². The number of fused-ring (bicyclic) bond motifs is 1. The molecule has 0 amide bonds. The molecule has 2 aromatic rings. The zero-order valence-corrected chi connectivity index (χ0v) is 13.7. The van der Waals surface area contributed by atoms with Crippen molar-refractivity contribution < 1.29 is 9.72 Å². The summed E-state index contributed by atoms with van der Waals surface area (Å²) in [5, 5.41) is 28.7. The Bertz CT molecular complexity index is 882. The van der Waals surface area contributed by atoms with Gasteiger partial charge < -0.3 is 4.57 Å². The van der Waals surface area contributed by atoms with Crippen LogP contribution in [-0.4, -0.2) is 30.5 Å². The van der Waals surface area contributed by atoms with E-state index >= 15 is 0 Å². The third-order valence-electron chi connectivity index (χ3n) is 4.34. The van der Waals surface area contributed by atoms with Gasteiger partial charge in [0.05, 0.1) is 11.0 Å². The van der Waals surface area contributed by atoms with Crippen LogP contribution in [0, 0.1) is 28.4 Å². The molecule has 1 aliphatic heterocycles. The van der Waals surface area contributed by atoms with Gasteiger partial charge in [-0.15, -0.1) is 10.2 Å². The Morgan fingerprint density at radius 1 is 1.40 bits per heavy atom.